The lowest BCUT2D eigenvalue weighted by atomic mass is 10.0. The van der Waals surface area contributed by atoms with Gasteiger partial charge in [0.25, 0.3) is 5.91 Å². The number of oxazole rings is 1. The third-order valence-electron chi connectivity index (χ3n) is 6.89. The highest BCUT2D eigenvalue weighted by Crippen LogP contribution is 2.30. The zero-order chi connectivity index (χ0) is 27.1. The second kappa shape index (κ2) is 9.72. The quantitative estimate of drug-likeness (QED) is 0.236. The Labute approximate surface area is 224 Å². The van der Waals surface area contributed by atoms with E-state index in [4.69, 9.17) is 13.8 Å². The van der Waals surface area contributed by atoms with Crippen LogP contribution in [0.5, 0.6) is 0 Å². The summed E-state index contributed by atoms with van der Waals surface area (Å²) >= 11 is 0. The second-order valence-electron chi connectivity index (χ2n) is 9.95. The molecule has 0 radical (unpaired) electrons. The number of amides is 1. The van der Waals surface area contributed by atoms with Crippen LogP contribution in [0.3, 0.4) is 0 Å². The average molecular weight is 515 g/mol. The molecule has 6 rings (SSSR count). The van der Waals surface area contributed by atoms with Crippen LogP contribution in [0.4, 0.5) is 5.69 Å². The van der Waals surface area contributed by atoms with Gasteiger partial charge in [0, 0.05) is 22.2 Å². The monoisotopic (exact) mass is 514 g/mol. The van der Waals surface area contributed by atoms with Crippen molar-refractivity contribution in [1.82, 2.24) is 4.98 Å². The molecule has 39 heavy (non-hydrogen) atoms. The molecule has 0 aliphatic heterocycles. The van der Waals surface area contributed by atoms with E-state index in [-0.39, 0.29) is 5.91 Å². The van der Waals surface area contributed by atoms with Gasteiger partial charge in [-0.3, -0.25) is 4.79 Å². The van der Waals surface area contributed by atoms with E-state index in [1.54, 1.807) is 36.4 Å². The minimum absolute atomic E-state index is 0.290. The Bertz CT molecular complexity index is 1930. The molecule has 0 saturated heterocycles. The molecule has 0 atom stereocenters. The van der Waals surface area contributed by atoms with Crippen LogP contribution in [0.25, 0.3) is 44.7 Å². The fourth-order valence-corrected chi connectivity index (χ4v) is 4.60. The summed E-state index contributed by atoms with van der Waals surface area (Å²) in [5.74, 6) is 0.595. The van der Waals surface area contributed by atoms with E-state index >= 15 is 0 Å². The number of nitrogens with one attached hydrogen (secondary N) is 1. The van der Waals surface area contributed by atoms with Crippen molar-refractivity contribution in [1.29, 1.82) is 0 Å². The van der Waals surface area contributed by atoms with Crippen molar-refractivity contribution in [2.24, 2.45) is 0 Å². The van der Waals surface area contributed by atoms with Gasteiger partial charge in [-0.2, -0.15) is 0 Å². The number of hydrogen-bond donors (Lipinski definition) is 1. The van der Waals surface area contributed by atoms with E-state index in [1.165, 1.54) is 5.56 Å². The molecule has 0 aliphatic carbocycles. The first-order valence-electron chi connectivity index (χ1n) is 12.8. The maximum atomic E-state index is 13.3. The Kier molecular flexibility index (Phi) is 6.08. The normalized spacial score (nSPS) is 11.4. The molecule has 2 heterocycles. The minimum Gasteiger partial charge on any atom is -0.436 e. The largest absolute Gasteiger partial charge is 0.436 e. The predicted octanol–water partition coefficient (Wildman–Crippen LogP) is 7.95. The number of fused-ring (bicyclic) bond motifs is 2. The molecule has 4 aromatic carbocycles. The van der Waals surface area contributed by atoms with Gasteiger partial charge >= 0.3 is 5.63 Å². The number of hydrogen-bond acceptors (Lipinski definition) is 5. The van der Waals surface area contributed by atoms with Crippen molar-refractivity contribution in [3.05, 3.63) is 118 Å². The molecule has 6 heteroatoms. The first-order chi connectivity index (χ1) is 18.9. The summed E-state index contributed by atoms with van der Waals surface area (Å²) in [6.45, 7) is 6.21. The minimum atomic E-state index is -0.450. The van der Waals surface area contributed by atoms with E-state index in [0.717, 1.165) is 27.6 Å². The Morgan fingerprint density at radius 1 is 0.821 bits per heavy atom. The van der Waals surface area contributed by atoms with E-state index < -0.39 is 5.63 Å². The molecular weight excluding hydrogens is 488 g/mol. The highest BCUT2D eigenvalue weighted by Gasteiger charge is 2.15. The van der Waals surface area contributed by atoms with Crippen LogP contribution in [-0.4, -0.2) is 10.9 Å². The lowest BCUT2D eigenvalue weighted by Crippen LogP contribution is -2.13. The van der Waals surface area contributed by atoms with E-state index in [9.17, 15) is 9.59 Å². The van der Waals surface area contributed by atoms with Gasteiger partial charge in [0.05, 0.1) is 5.56 Å². The number of carbonyl (C=O) groups excluding carboxylic acids is 1. The van der Waals surface area contributed by atoms with Crippen molar-refractivity contribution in [2.75, 3.05) is 5.32 Å². The molecule has 6 aromatic rings. The number of anilines is 1. The predicted molar refractivity (Wildman–Crippen MR) is 154 cm³/mol. The third kappa shape index (κ3) is 4.73. The smallest absolute Gasteiger partial charge is 0.344 e. The summed E-state index contributed by atoms with van der Waals surface area (Å²) in [5.41, 5.74) is 6.54. The molecule has 192 valence electrons. The average Bonchev–Trinajstić information content (AvgIpc) is 3.37. The Hall–Kier alpha value is -4.97. The SMILES string of the molecule is Cc1ccc(-c2nc3cc(C(C)C)ccc3o2)cc1NC(=O)c1cccc(-c2cc3ccccc3oc2=O)c1. The lowest BCUT2D eigenvalue weighted by molar-refractivity contribution is 0.102. The molecule has 0 unspecified atom stereocenters. The molecule has 0 saturated carbocycles. The zero-order valence-corrected chi connectivity index (χ0v) is 21.8. The van der Waals surface area contributed by atoms with E-state index in [0.29, 0.717) is 39.8 Å². The summed E-state index contributed by atoms with van der Waals surface area (Å²) in [5, 5.41) is 3.82. The first-order valence-corrected chi connectivity index (χ1v) is 12.8. The maximum absolute atomic E-state index is 13.3. The molecule has 2 aromatic heterocycles. The van der Waals surface area contributed by atoms with Gasteiger partial charge in [0.2, 0.25) is 5.89 Å². The number of carbonyl (C=O) groups is 1. The maximum Gasteiger partial charge on any atom is 0.344 e. The van der Waals surface area contributed by atoms with Crippen LogP contribution in [0, 0.1) is 6.92 Å². The van der Waals surface area contributed by atoms with Crippen LogP contribution in [-0.2, 0) is 0 Å². The van der Waals surface area contributed by atoms with Crippen molar-refractivity contribution in [3.63, 3.8) is 0 Å². The van der Waals surface area contributed by atoms with E-state index in [2.05, 4.69) is 25.2 Å². The molecule has 0 bridgehead atoms. The van der Waals surface area contributed by atoms with Gasteiger partial charge in [-0.15, -0.1) is 0 Å². The zero-order valence-electron chi connectivity index (χ0n) is 21.8. The molecule has 0 fully saturated rings. The highest BCUT2D eigenvalue weighted by molar-refractivity contribution is 6.05. The van der Waals surface area contributed by atoms with Crippen LogP contribution < -0.4 is 10.9 Å². The summed E-state index contributed by atoms with van der Waals surface area (Å²) in [6.07, 6.45) is 0. The molecule has 0 aliphatic rings. The summed E-state index contributed by atoms with van der Waals surface area (Å²) in [6, 6.07) is 27.9. The van der Waals surface area contributed by atoms with Crippen molar-refractivity contribution in [3.8, 4) is 22.6 Å². The number of para-hydroxylation sites is 1. The third-order valence-corrected chi connectivity index (χ3v) is 6.89. The van der Waals surface area contributed by atoms with E-state index in [1.807, 2.05) is 55.5 Å². The molecule has 1 N–H and O–H groups in total. The molecule has 1 amide bonds. The Morgan fingerprint density at radius 2 is 1.67 bits per heavy atom. The number of rotatable bonds is 5. The second-order valence-corrected chi connectivity index (χ2v) is 9.95. The number of aromatic nitrogens is 1. The van der Waals surface area contributed by atoms with Gasteiger partial charge in [0.15, 0.2) is 5.58 Å². The van der Waals surface area contributed by atoms with Crippen molar-refractivity contribution in [2.45, 2.75) is 26.7 Å². The Morgan fingerprint density at radius 3 is 2.51 bits per heavy atom. The summed E-state index contributed by atoms with van der Waals surface area (Å²) in [7, 11) is 0. The molecular formula is C33H26N2O4. The van der Waals surface area contributed by atoms with Gasteiger partial charge < -0.3 is 14.2 Å². The fourth-order valence-electron chi connectivity index (χ4n) is 4.60. The van der Waals surface area contributed by atoms with Crippen molar-refractivity contribution < 1.29 is 13.6 Å². The van der Waals surface area contributed by atoms with Gasteiger partial charge in [-0.1, -0.05) is 56.3 Å². The fraction of sp³-hybridized carbons (Fsp3) is 0.121. The summed E-state index contributed by atoms with van der Waals surface area (Å²) in [4.78, 5) is 30.6. The number of benzene rings is 4. The summed E-state index contributed by atoms with van der Waals surface area (Å²) < 4.78 is 11.5. The van der Waals surface area contributed by atoms with Crippen LogP contribution in [0.1, 0.15) is 41.3 Å². The van der Waals surface area contributed by atoms with Gasteiger partial charge in [0.1, 0.15) is 11.1 Å². The Balaban J connectivity index is 1.29. The standard InChI is InChI=1S/C33H26N2O4/c1-19(2)21-13-14-30-28(17-21)35-32(38-30)25-12-11-20(3)27(18-25)34-31(36)24-9-6-8-22(15-24)26-16-23-7-4-5-10-29(23)39-33(26)37/h4-19H,1-3H3,(H,34,36). The molecule has 0 spiro atoms. The molecule has 6 nitrogen and oxygen atoms in total. The van der Waals surface area contributed by atoms with Crippen molar-refractivity contribution >= 4 is 33.7 Å². The van der Waals surface area contributed by atoms with Gasteiger partial charge in [-0.05, 0) is 78.1 Å². The van der Waals surface area contributed by atoms with Gasteiger partial charge in [-0.25, -0.2) is 9.78 Å². The first kappa shape index (κ1) is 24.4. The van der Waals surface area contributed by atoms with Crippen LogP contribution >= 0.6 is 0 Å². The number of aryl methyl sites for hydroxylation is 1. The highest BCUT2D eigenvalue weighted by atomic mass is 16.4. The van der Waals surface area contributed by atoms with Crippen LogP contribution in [0.15, 0.2) is 105 Å². The lowest BCUT2D eigenvalue weighted by Gasteiger charge is -2.11. The van der Waals surface area contributed by atoms with Crippen LogP contribution in [0.2, 0.25) is 0 Å². The number of nitrogens with zero attached hydrogens (tertiary/aromatic N) is 1. The topological polar surface area (TPSA) is 85.3 Å².